The normalized spacial score (nSPS) is 31.1. The van der Waals surface area contributed by atoms with Crippen LogP contribution in [-0.4, -0.2) is 31.7 Å². The van der Waals surface area contributed by atoms with Crippen LogP contribution in [0.15, 0.2) is 0 Å². The summed E-state index contributed by atoms with van der Waals surface area (Å²) in [5.74, 6) is 0.617. The van der Waals surface area contributed by atoms with Gasteiger partial charge in [0.2, 0.25) is 0 Å². The van der Waals surface area contributed by atoms with Gasteiger partial charge in [0.25, 0.3) is 0 Å². The summed E-state index contributed by atoms with van der Waals surface area (Å²) in [7, 11) is 0. The molecule has 5 nitrogen and oxygen atoms in total. The molecular formula is C12H21NO4. The topological polar surface area (TPSA) is 70.8 Å². The number of primary amides is 1. The molecule has 17 heavy (non-hydrogen) atoms. The summed E-state index contributed by atoms with van der Waals surface area (Å²) in [4.78, 5) is 10.6. The first-order valence-electron chi connectivity index (χ1n) is 6.43. The number of nitrogens with two attached hydrogens (primary N) is 1. The maximum Gasteiger partial charge on any atom is 0.404 e. The SMILES string of the molecule is NC(=O)OC1CCC(CC2OCCCO2)CC1. The molecule has 2 aliphatic rings. The highest BCUT2D eigenvalue weighted by atomic mass is 16.7. The Hall–Kier alpha value is -0.810. The van der Waals surface area contributed by atoms with Gasteiger partial charge < -0.3 is 19.9 Å². The Morgan fingerprint density at radius 1 is 1.18 bits per heavy atom. The van der Waals surface area contributed by atoms with E-state index in [2.05, 4.69) is 0 Å². The number of carbonyl (C=O) groups is 1. The van der Waals surface area contributed by atoms with Crippen LogP contribution in [0, 0.1) is 5.92 Å². The largest absolute Gasteiger partial charge is 0.446 e. The summed E-state index contributed by atoms with van der Waals surface area (Å²) in [5, 5.41) is 0. The van der Waals surface area contributed by atoms with Crippen molar-refractivity contribution in [2.75, 3.05) is 13.2 Å². The van der Waals surface area contributed by atoms with E-state index in [1.165, 1.54) is 0 Å². The number of hydrogen-bond donors (Lipinski definition) is 1. The van der Waals surface area contributed by atoms with E-state index >= 15 is 0 Å². The lowest BCUT2D eigenvalue weighted by Crippen LogP contribution is -2.31. The van der Waals surface area contributed by atoms with Crippen LogP contribution in [-0.2, 0) is 14.2 Å². The van der Waals surface area contributed by atoms with E-state index < -0.39 is 6.09 Å². The van der Waals surface area contributed by atoms with E-state index in [-0.39, 0.29) is 12.4 Å². The Bertz CT molecular complexity index is 245. The number of amides is 1. The van der Waals surface area contributed by atoms with Gasteiger partial charge in [-0.3, -0.25) is 0 Å². The molecule has 5 heteroatoms. The van der Waals surface area contributed by atoms with Crippen LogP contribution in [0.1, 0.15) is 38.5 Å². The summed E-state index contributed by atoms with van der Waals surface area (Å²) in [6.45, 7) is 1.62. The Balaban J connectivity index is 1.66. The van der Waals surface area contributed by atoms with Crippen LogP contribution < -0.4 is 5.73 Å². The zero-order valence-electron chi connectivity index (χ0n) is 10.1. The number of hydrogen-bond acceptors (Lipinski definition) is 4. The van der Waals surface area contributed by atoms with E-state index in [4.69, 9.17) is 19.9 Å². The van der Waals surface area contributed by atoms with E-state index in [1.807, 2.05) is 0 Å². The van der Waals surface area contributed by atoms with Gasteiger partial charge >= 0.3 is 6.09 Å². The predicted molar refractivity (Wildman–Crippen MR) is 61.3 cm³/mol. The highest BCUT2D eigenvalue weighted by Gasteiger charge is 2.26. The second-order valence-corrected chi connectivity index (χ2v) is 4.84. The zero-order valence-corrected chi connectivity index (χ0v) is 10.1. The molecule has 0 atom stereocenters. The fourth-order valence-corrected chi connectivity index (χ4v) is 2.59. The second-order valence-electron chi connectivity index (χ2n) is 4.84. The quantitative estimate of drug-likeness (QED) is 0.820. The van der Waals surface area contributed by atoms with Crippen LogP contribution in [0.2, 0.25) is 0 Å². The molecule has 0 aromatic carbocycles. The lowest BCUT2D eigenvalue weighted by molar-refractivity contribution is -0.188. The first-order chi connectivity index (χ1) is 8.24. The Morgan fingerprint density at radius 3 is 2.41 bits per heavy atom. The summed E-state index contributed by atoms with van der Waals surface area (Å²) in [6.07, 6.45) is 5.20. The van der Waals surface area contributed by atoms with Gasteiger partial charge in [-0.1, -0.05) is 0 Å². The highest BCUT2D eigenvalue weighted by Crippen LogP contribution is 2.30. The van der Waals surface area contributed by atoms with E-state index in [0.717, 1.165) is 51.7 Å². The molecule has 1 aliphatic heterocycles. The molecule has 0 aromatic heterocycles. The lowest BCUT2D eigenvalue weighted by Gasteiger charge is -2.31. The first-order valence-corrected chi connectivity index (χ1v) is 6.43. The molecule has 0 radical (unpaired) electrons. The van der Waals surface area contributed by atoms with Gasteiger partial charge in [-0.15, -0.1) is 0 Å². The number of carbonyl (C=O) groups excluding carboxylic acids is 1. The molecule has 2 fully saturated rings. The van der Waals surface area contributed by atoms with Crippen LogP contribution in [0.4, 0.5) is 4.79 Å². The van der Waals surface area contributed by atoms with Gasteiger partial charge in [-0.05, 0) is 38.0 Å². The van der Waals surface area contributed by atoms with Crippen molar-refractivity contribution in [3.05, 3.63) is 0 Å². The van der Waals surface area contributed by atoms with Crippen molar-refractivity contribution >= 4 is 6.09 Å². The molecule has 2 N–H and O–H groups in total. The van der Waals surface area contributed by atoms with Gasteiger partial charge in [0.05, 0.1) is 13.2 Å². The molecule has 1 saturated heterocycles. The van der Waals surface area contributed by atoms with Gasteiger partial charge in [-0.2, -0.15) is 0 Å². The summed E-state index contributed by atoms with van der Waals surface area (Å²) in [6, 6.07) is 0. The molecule has 1 heterocycles. The maximum atomic E-state index is 10.6. The van der Waals surface area contributed by atoms with Crippen LogP contribution >= 0.6 is 0 Å². The minimum atomic E-state index is -0.660. The van der Waals surface area contributed by atoms with E-state index in [0.29, 0.717) is 5.92 Å². The summed E-state index contributed by atoms with van der Waals surface area (Å²) < 4.78 is 16.1. The molecule has 2 rings (SSSR count). The average Bonchev–Trinajstić information content (AvgIpc) is 2.32. The van der Waals surface area contributed by atoms with Gasteiger partial charge in [0, 0.05) is 6.42 Å². The minimum absolute atomic E-state index is 0.0111. The Kier molecular flexibility index (Phi) is 4.62. The molecule has 0 aromatic rings. The third-order valence-corrected chi connectivity index (χ3v) is 3.50. The lowest BCUT2D eigenvalue weighted by atomic mass is 9.85. The van der Waals surface area contributed by atoms with E-state index in [9.17, 15) is 4.79 Å². The molecule has 1 aliphatic carbocycles. The fraction of sp³-hybridized carbons (Fsp3) is 0.917. The zero-order chi connectivity index (χ0) is 12.1. The third-order valence-electron chi connectivity index (χ3n) is 3.50. The number of ether oxygens (including phenoxy) is 3. The fourth-order valence-electron chi connectivity index (χ4n) is 2.59. The monoisotopic (exact) mass is 243 g/mol. The van der Waals surface area contributed by atoms with Crippen molar-refractivity contribution < 1.29 is 19.0 Å². The second kappa shape index (κ2) is 6.21. The summed E-state index contributed by atoms with van der Waals surface area (Å²) >= 11 is 0. The molecule has 0 unspecified atom stereocenters. The average molecular weight is 243 g/mol. The van der Waals surface area contributed by atoms with Crippen LogP contribution in [0.25, 0.3) is 0 Å². The Labute approximate surface area is 102 Å². The van der Waals surface area contributed by atoms with Crippen molar-refractivity contribution in [1.82, 2.24) is 0 Å². The van der Waals surface area contributed by atoms with Gasteiger partial charge in [0.1, 0.15) is 6.10 Å². The van der Waals surface area contributed by atoms with Crippen molar-refractivity contribution in [2.24, 2.45) is 11.7 Å². The van der Waals surface area contributed by atoms with Gasteiger partial charge in [-0.25, -0.2) is 4.79 Å². The van der Waals surface area contributed by atoms with Crippen LogP contribution in [0.3, 0.4) is 0 Å². The van der Waals surface area contributed by atoms with Crippen molar-refractivity contribution in [3.63, 3.8) is 0 Å². The highest BCUT2D eigenvalue weighted by molar-refractivity contribution is 5.64. The molecule has 1 amide bonds. The molecular weight excluding hydrogens is 222 g/mol. The standard InChI is InChI=1S/C12H21NO4/c13-12(14)17-10-4-2-9(3-5-10)8-11-15-6-1-7-16-11/h9-11H,1-8H2,(H2,13,14). The van der Waals surface area contributed by atoms with Crippen molar-refractivity contribution in [1.29, 1.82) is 0 Å². The summed E-state index contributed by atoms with van der Waals surface area (Å²) in [5.41, 5.74) is 5.01. The number of rotatable bonds is 3. The van der Waals surface area contributed by atoms with Crippen molar-refractivity contribution in [2.45, 2.75) is 50.9 Å². The predicted octanol–water partition coefficient (Wildman–Crippen LogP) is 1.79. The van der Waals surface area contributed by atoms with Crippen molar-refractivity contribution in [3.8, 4) is 0 Å². The first kappa shape index (κ1) is 12.6. The van der Waals surface area contributed by atoms with E-state index in [1.54, 1.807) is 0 Å². The molecule has 1 saturated carbocycles. The molecule has 0 spiro atoms. The Morgan fingerprint density at radius 2 is 1.82 bits per heavy atom. The molecule has 98 valence electrons. The van der Waals surface area contributed by atoms with Crippen LogP contribution in [0.5, 0.6) is 0 Å². The van der Waals surface area contributed by atoms with Gasteiger partial charge in [0.15, 0.2) is 6.29 Å². The minimum Gasteiger partial charge on any atom is -0.446 e. The molecule has 0 bridgehead atoms. The third kappa shape index (κ3) is 4.16. The smallest absolute Gasteiger partial charge is 0.404 e. The maximum absolute atomic E-state index is 10.6.